The van der Waals surface area contributed by atoms with Gasteiger partial charge in [-0.1, -0.05) is 46.0 Å². The van der Waals surface area contributed by atoms with Crippen LogP contribution in [0.25, 0.3) is 0 Å². The summed E-state index contributed by atoms with van der Waals surface area (Å²) in [5.74, 6) is 0.270. The molecule has 0 fully saturated rings. The van der Waals surface area contributed by atoms with Gasteiger partial charge in [-0.2, -0.15) is 0 Å². The third-order valence-corrected chi connectivity index (χ3v) is 3.49. The lowest BCUT2D eigenvalue weighted by atomic mass is 9.88. The molecule has 0 aliphatic heterocycles. The minimum atomic E-state index is -0.578. The van der Waals surface area contributed by atoms with E-state index in [4.69, 9.17) is 0 Å². The zero-order valence-corrected chi connectivity index (χ0v) is 13.4. The molecule has 2 N–H and O–H groups in total. The zero-order valence-electron chi connectivity index (χ0n) is 13.4. The summed E-state index contributed by atoms with van der Waals surface area (Å²) in [5.41, 5.74) is 2.00. The molecule has 0 aliphatic carbocycles. The van der Waals surface area contributed by atoms with Crippen LogP contribution in [0.3, 0.4) is 0 Å². The Bertz CT molecular complexity index is 501. The molecule has 0 radical (unpaired) electrons. The Morgan fingerprint density at radius 3 is 2.33 bits per heavy atom. The van der Waals surface area contributed by atoms with Crippen molar-refractivity contribution in [3.8, 4) is 0 Å². The largest absolute Gasteiger partial charge is 0.394 e. The van der Waals surface area contributed by atoms with Crippen LogP contribution in [0.5, 0.6) is 0 Å². The van der Waals surface area contributed by atoms with Crippen LogP contribution in [0.1, 0.15) is 40.2 Å². The molecule has 0 saturated carbocycles. The molecule has 1 unspecified atom stereocenters. The zero-order chi connectivity index (χ0) is 16.0. The number of anilines is 1. The quantitative estimate of drug-likeness (QED) is 0.364. The number of hydrogen-bond acceptors (Lipinski definition) is 4. The smallest absolute Gasteiger partial charge is 0.0373 e. The molecule has 1 aromatic rings. The molecular formula is C16H24N3O2-. The lowest BCUT2D eigenvalue weighted by Crippen LogP contribution is -2.39. The first-order valence-electron chi connectivity index (χ1n) is 7.13. The highest BCUT2D eigenvalue weighted by atomic mass is 16.6. The SMILES string of the molecule is CCc1ccc(NC(=[C-][N+](=O)[O-])NC(C)C(C)(C)C)cc1. The Morgan fingerprint density at radius 2 is 1.90 bits per heavy atom. The minimum absolute atomic E-state index is 0.0166. The maximum absolute atomic E-state index is 10.7. The summed E-state index contributed by atoms with van der Waals surface area (Å²) in [6.07, 6.45) is 3.14. The number of hydrogen-bond donors (Lipinski definition) is 2. The van der Waals surface area contributed by atoms with Gasteiger partial charge in [0, 0.05) is 11.7 Å². The van der Waals surface area contributed by atoms with E-state index < -0.39 is 4.92 Å². The van der Waals surface area contributed by atoms with Crippen molar-refractivity contribution >= 4 is 5.69 Å². The molecule has 21 heavy (non-hydrogen) atoms. The van der Waals surface area contributed by atoms with Gasteiger partial charge in [-0.15, -0.1) is 4.92 Å². The van der Waals surface area contributed by atoms with Gasteiger partial charge in [0.05, 0.1) is 0 Å². The van der Waals surface area contributed by atoms with E-state index in [1.54, 1.807) is 0 Å². The Labute approximate surface area is 126 Å². The molecular weight excluding hydrogens is 266 g/mol. The van der Waals surface area contributed by atoms with Crippen molar-refractivity contribution < 1.29 is 4.92 Å². The molecule has 5 heteroatoms. The molecule has 1 aromatic carbocycles. The number of aryl methyl sites for hydroxylation is 1. The van der Waals surface area contributed by atoms with Crippen molar-refractivity contribution in [3.05, 3.63) is 52.0 Å². The fraction of sp³-hybridized carbons (Fsp3) is 0.500. The van der Waals surface area contributed by atoms with E-state index in [0.29, 0.717) is 0 Å². The standard InChI is InChI=1S/C16H24N3O2/c1-6-13-7-9-14(10-8-13)18-15(11-19(20)21)17-12(2)16(3,4)5/h7-10,12,17-18H,6H2,1-5H3/q-1. The monoisotopic (exact) mass is 290 g/mol. The summed E-state index contributed by atoms with van der Waals surface area (Å²) in [6.45, 7) is 10.3. The van der Waals surface area contributed by atoms with Crippen LogP contribution in [0.4, 0.5) is 5.69 Å². The van der Waals surface area contributed by atoms with Crippen LogP contribution in [-0.4, -0.2) is 11.0 Å². The van der Waals surface area contributed by atoms with Gasteiger partial charge in [0.25, 0.3) is 0 Å². The van der Waals surface area contributed by atoms with E-state index in [-0.39, 0.29) is 17.3 Å². The molecule has 5 nitrogen and oxygen atoms in total. The molecule has 1 atom stereocenters. The minimum Gasteiger partial charge on any atom is -0.394 e. The number of nitrogens with zero attached hydrogens (tertiary/aromatic N) is 1. The summed E-state index contributed by atoms with van der Waals surface area (Å²) in [6, 6.07) is 7.87. The third-order valence-electron chi connectivity index (χ3n) is 3.49. The van der Waals surface area contributed by atoms with E-state index in [0.717, 1.165) is 12.1 Å². The highest BCUT2D eigenvalue weighted by Gasteiger charge is 2.19. The van der Waals surface area contributed by atoms with E-state index in [9.17, 15) is 10.1 Å². The molecule has 0 aliphatic rings. The third kappa shape index (κ3) is 5.85. The van der Waals surface area contributed by atoms with Crippen LogP contribution in [-0.2, 0) is 6.42 Å². The topological polar surface area (TPSA) is 67.2 Å². The first-order valence-corrected chi connectivity index (χ1v) is 7.13. The number of benzene rings is 1. The Balaban J connectivity index is 2.86. The van der Waals surface area contributed by atoms with E-state index in [2.05, 4.69) is 44.5 Å². The van der Waals surface area contributed by atoms with Crippen LogP contribution >= 0.6 is 0 Å². The van der Waals surface area contributed by atoms with Gasteiger partial charge in [0.15, 0.2) is 0 Å². The molecule has 1 rings (SSSR count). The van der Waals surface area contributed by atoms with Gasteiger partial charge in [-0.05, 0) is 42.3 Å². The van der Waals surface area contributed by atoms with Crippen LogP contribution in [0.2, 0.25) is 0 Å². The van der Waals surface area contributed by atoms with Crippen LogP contribution < -0.4 is 10.6 Å². The second kappa shape index (κ2) is 7.11. The lowest BCUT2D eigenvalue weighted by Gasteiger charge is -2.32. The summed E-state index contributed by atoms with van der Waals surface area (Å²) in [7, 11) is 0. The van der Waals surface area contributed by atoms with Gasteiger partial charge in [0.2, 0.25) is 0 Å². The van der Waals surface area contributed by atoms with E-state index >= 15 is 0 Å². The van der Waals surface area contributed by atoms with Gasteiger partial charge in [0.1, 0.15) is 0 Å². The highest BCUT2D eigenvalue weighted by Crippen LogP contribution is 2.20. The summed E-state index contributed by atoms with van der Waals surface area (Å²) in [5, 5.41) is 16.9. The second-order valence-corrected chi connectivity index (χ2v) is 6.15. The molecule has 0 bridgehead atoms. The van der Waals surface area contributed by atoms with Crippen molar-refractivity contribution in [3.63, 3.8) is 0 Å². The summed E-state index contributed by atoms with van der Waals surface area (Å²) >= 11 is 0. The van der Waals surface area contributed by atoms with Crippen molar-refractivity contribution in [1.82, 2.24) is 5.32 Å². The normalized spacial score (nSPS) is 13.7. The van der Waals surface area contributed by atoms with Crippen molar-refractivity contribution in [1.29, 1.82) is 0 Å². The highest BCUT2D eigenvalue weighted by molar-refractivity contribution is 5.48. The molecule has 116 valence electrons. The number of rotatable bonds is 6. The second-order valence-electron chi connectivity index (χ2n) is 6.15. The van der Waals surface area contributed by atoms with Gasteiger partial charge < -0.3 is 10.6 Å². The first-order chi connectivity index (χ1) is 9.72. The number of nitrogens with one attached hydrogen (secondary N) is 2. The Morgan fingerprint density at radius 1 is 1.33 bits per heavy atom. The molecule has 0 heterocycles. The fourth-order valence-electron chi connectivity index (χ4n) is 1.59. The van der Waals surface area contributed by atoms with Crippen molar-refractivity contribution in [2.75, 3.05) is 5.32 Å². The lowest BCUT2D eigenvalue weighted by molar-refractivity contribution is -0.421. The van der Waals surface area contributed by atoms with Crippen molar-refractivity contribution in [2.24, 2.45) is 5.41 Å². The Hall–Kier alpha value is -2.04. The van der Waals surface area contributed by atoms with E-state index in [1.165, 1.54) is 5.56 Å². The van der Waals surface area contributed by atoms with E-state index in [1.807, 2.05) is 31.2 Å². The molecule has 0 saturated heterocycles. The summed E-state index contributed by atoms with van der Waals surface area (Å²) in [4.78, 5) is 10.1. The number of nitro groups is 1. The first kappa shape index (κ1) is 17.0. The predicted molar refractivity (Wildman–Crippen MR) is 85.2 cm³/mol. The van der Waals surface area contributed by atoms with Crippen molar-refractivity contribution in [2.45, 2.75) is 47.1 Å². The van der Waals surface area contributed by atoms with Crippen LogP contribution in [0, 0.1) is 21.7 Å². The Kier molecular flexibility index (Phi) is 5.76. The van der Waals surface area contributed by atoms with Gasteiger partial charge in [-0.25, -0.2) is 0 Å². The van der Waals surface area contributed by atoms with Gasteiger partial charge >= 0.3 is 0 Å². The average Bonchev–Trinajstić information content (AvgIpc) is 2.37. The maximum atomic E-state index is 10.7. The molecule has 0 aromatic heterocycles. The van der Waals surface area contributed by atoms with Gasteiger partial charge in [-0.3, -0.25) is 10.1 Å². The predicted octanol–water partition coefficient (Wildman–Crippen LogP) is 3.56. The molecule has 0 amide bonds. The maximum Gasteiger partial charge on any atom is 0.0373 e. The fourth-order valence-corrected chi connectivity index (χ4v) is 1.59. The van der Waals surface area contributed by atoms with Crippen LogP contribution in [0.15, 0.2) is 30.1 Å². The molecule has 0 spiro atoms. The average molecular weight is 290 g/mol. The summed E-state index contributed by atoms with van der Waals surface area (Å²) < 4.78 is 0.